The average Bonchev–Trinajstić information content (AvgIpc) is 3.19. The molecular formula is C30H30FN3O5. The van der Waals surface area contributed by atoms with Gasteiger partial charge in [0, 0.05) is 31.1 Å². The molecule has 0 unspecified atom stereocenters. The number of halogens is 1. The summed E-state index contributed by atoms with van der Waals surface area (Å²) < 4.78 is 25.4. The molecular weight excluding hydrogens is 501 g/mol. The first-order chi connectivity index (χ1) is 18.8. The van der Waals surface area contributed by atoms with Gasteiger partial charge in [-0.1, -0.05) is 24.3 Å². The number of rotatable bonds is 6. The molecule has 3 N–H and O–H groups in total. The van der Waals surface area contributed by atoms with Gasteiger partial charge in [-0.05, 0) is 54.2 Å². The molecule has 1 saturated carbocycles. The van der Waals surface area contributed by atoms with Gasteiger partial charge < -0.3 is 29.9 Å². The fourth-order valence-corrected chi connectivity index (χ4v) is 5.93. The summed E-state index contributed by atoms with van der Waals surface area (Å²) in [6, 6.07) is 16.8. The van der Waals surface area contributed by atoms with Crippen molar-refractivity contribution in [2.24, 2.45) is 0 Å². The summed E-state index contributed by atoms with van der Waals surface area (Å²) in [5.41, 5.74) is -0.0739. The Morgan fingerprint density at radius 1 is 1.10 bits per heavy atom. The lowest BCUT2D eigenvalue weighted by atomic mass is 9.73. The molecule has 3 aromatic carbocycles. The third-order valence-electron chi connectivity index (χ3n) is 7.93. The molecule has 0 spiro atoms. The van der Waals surface area contributed by atoms with Crippen LogP contribution in [0, 0.1) is 17.1 Å². The van der Waals surface area contributed by atoms with E-state index in [0.717, 1.165) is 6.42 Å². The first-order valence-corrected chi connectivity index (χ1v) is 12.8. The largest absolute Gasteiger partial charge is 0.507 e. The molecule has 9 heteroatoms. The second kappa shape index (κ2) is 10.5. The molecule has 0 aromatic heterocycles. The van der Waals surface area contributed by atoms with Gasteiger partial charge in [-0.2, -0.15) is 5.26 Å². The number of nitrogens with zero attached hydrogens (tertiary/aromatic N) is 2. The molecule has 1 aliphatic carbocycles. The number of carbonyl (C=O) groups excluding carboxylic acids is 1. The van der Waals surface area contributed by atoms with E-state index in [1.807, 2.05) is 0 Å². The van der Waals surface area contributed by atoms with Crippen molar-refractivity contribution >= 4 is 6.03 Å². The van der Waals surface area contributed by atoms with Crippen LogP contribution < -0.4 is 14.8 Å². The Bertz CT molecular complexity index is 1420. The van der Waals surface area contributed by atoms with E-state index in [-0.39, 0.29) is 29.5 Å². The van der Waals surface area contributed by atoms with Gasteiger partial charge in [-0.15, -0.1) is 0 Å². The highest BCUT2D eigenvalue weighted by molar-refractivity contribution is 5.76. The second-order valence-electron chi connectivity index (χ2n) is 10.0. The number of aliphatic hydroxyl groups is 1. The number of methoxy groups -OCH3 is 2. The quantitative estimate of drug-likeness (QED) is 0.435. The molecule has 1 aliphatic heterocycles. The zero-order chi connectivity index (χ0) is 27.7. The van der Waals surface area contributed by atoms with Gasteiger partial charge >= 0.3 is 6.03 Å². The predicted molar refractivity (Wildman–Crippen MR) is 141 cm³/mol. The maximum Gasteiger partial charge on any atom is 0.317 e. The van der Waals surface area contributed by atoms with Crippen LogP contribution in [-0.2, 0) is 5.60 Å². The molecule has 2 aliphatic rings. The summed E-state index contributed by atoms with van der Waals surface area (Å²) in [4.78, 5) is 14.8. The zero-order valence-electron chi connectivity index (χ0n) is 21.7. The Hall–Kier alpha value is -4.29. The van der Waals surface area contributed by atoms with Crippen molar-refractivity contribution in [3.63, 3.8) is 0 Å². The third-order valence-corrected chi connectivity index (χ3v) is 7.93. The topological polar surface area (TPSA) is 115 Å². The van der Waals surface area contributed by atoms with Crippen molar-refractivity contribution in [2.75, 3.05) is 27.3 Å². The number of carbonyl (C=O) groups is 1. The first-order valence-electron chi connectivity index (χ1n) is 12.8. The van der Waals surface area contributed by atoms with Crippen molar-refractivity contribution in [3.05, 3.63) is 88.7 Å². The summed E-state index contributed by atoms with van der Waals surface area (Å²) in [6.45, 7) is 1.22. The highest BCUT2D eigenvalue weighted by atomic mass is 19.1. The molecule has 4 atom stereocenters. The number of amides is 2. The number of nitriles is 1. The van der Waals surface area contributed by atoms with Crippen LogP contribution >= 0.6 is 0 Å². The highest BCUT2D eigenvalue weighted by Gasteiger charge is 2.59. The van der Waals surface area contributed by atoms with Crippen molar-refractivity contribution in [3.8, 4) is 23.3 Å². The number of hydrogen-bond acceptors (Lipinski definition) is 6. The van der Waals surface area contributed by atoms with Crippen LogP contribution in [0.2, 0.25) is 0 Å². The Kier molecular flexibility index (Phi) is 7.06. The van der Waals surface area contributed by atoms with E-state index >= 15 is 0 Å². The van der Waals surface area contributed by atoms with Gasteiger partial charge in [0.05, 0.1) is 37.5 Å². The minimum atomic E-state index is -1.90. The van der Waals surface area contributed by atoms with Crippen molar-refractivity contribution in [1.82, 2.24) is 10.2 Å². The average molecular weight is 532 g/mol. The number of nitrogens with one attached hydrogen (secondary N) is 1. The van der Waals surface area contributed by atoms with Gasteiger partial charge in [-0.3, -0.25) is 0 Å². The fourth-order valence-electron chi connectivity index (χ4n) is 5.93. The minimum absolute atomic E-state index is 0.0907. The smallest absolute Gasteiger partial charge is 0.317 e. The second-order valence-corrected chi connectivity index (χ2v) is 10.0. The maximum absolute atomic E-state index is 14.4. The fraction of sp³-hybridized carbons (Fsp3) is 0.333. The van der Waals surface area contributed by atoms with E-state index in [1.54, 1.807) is 47.4 Å². The third kappa shape index (κ3) is 4.61. The number of urea groups is 1. The Labute approximate surface area is 226 Å². The van der Waals surface area contributed by atoms with Gasteiger partial charge in [0.15, 0.2) is 0 Å². The summed E-state index contributed by atoms with van der Waals surface area (Å²) in [7, 11) is 2.87. The van der Waals surface area contributed by atoms with Crippen molar-refractivity contribution < 1.29 is 28.9 Å². The number of phenols is 1. The monoisotopic (exact) mass is 531 g/mol. The number of phenolic OH excluding ortho intramolecular Hbond substituents is 1. The van der Waals surface area contributed by atoms with E-state index < -0.39 is 29.3 Å². The summed E-state index contributed by atoms with van der Waals surface area (Å²) in [5.74, 6) is -1.42. The standard InChI is InChI=1S/C30H30FN3O5/c1-38-22-14-24(35)28(25(15-22)39-2)30(37)26(33-29(36)34-11-4-12-34)16-23(20-5-3-6-21(31)13-20)27(30)19-9-7-18(17-32)8-10-19/h3,5-10,13-15,23,26-27,35,37H,4,11-12,16H2,1-2H3,(H,33,36)/t23-,26-,27+,30-/m0/s1. The van der Waals surface area contributed by atoms with E-state index in [9.17, 15) is 24.7 Å². The van der Waals surface area contributed by atoms with Crippen LogP contribution in [0.3, 0.4) is 0 Å². The number of ether oxygens (including phenoxy) is 2. The van der Waals surface area contributed by atoms with Gasteiger partial charge in [0.25, 0.3) is 0 Å². The predicted octanol–water partition coefficient (Wildman–Crippen LogP) is 4.36. The van der Waals surface area contributed by atoms with Crippen molar-refractivity contribution in [1.29, 1.82) is 5.26 Å². The van der Waals surface area contributed by atoms with E-state index in [1.165, 1.54) is 32.4 Å². The van der Waals surface area contributed by atoms with Crippen LogP contribution in [0.1, 0.15) is 46.9 Å². The van der Waals surface area contributed by atoms with E-state index in [0.29, 0.717) is 35.5 Å². The van der Waals surface area contributed by atoms with Crippen LogP contribution in [0.5, 0.6) is 17.2 Å². The summed E-state index contributed by atoms with van der Waals surface area (Å²) in [6.07, 6.45) is 1.15. The summed E-state index contributed by atoms with van der Waals surface area (Å²) in [5, 5.41) is 36.5. The van der Waals surface area contributed by atoms with Gasteiger partial charge in [0.1, 0.15) is 28.7 Å². The number of hydrogen-bond donors (Lipinski definition) is 3. The van der Waals surface area contributed by atoms with Crippen LogP contribution in [-0.4, -0.2) is 54.5 Å². The molecule has 2 fully saturated rings. The molecule has 202 valence electrons. The number of likely N-dealkylation sites (tertiary alicyclic amines) is 1. The molecule has 0 bridgehead atoms. The maximum atomic E-state index is 14.4. The molecule has 3 aromatic rings. The number of aromatic hydroxyl groups is 1. The zero-order valence-corrected chi connectivity index (χ0v) is 21.7. The van der Waals surface area contributed by atoms with Crippen LogP contribution in [0.15, 0.2) is 60.7 Å². The van der Waals surface area contributed by atoms with Crippen LogP contribution in [0.25, 0.3) is 0 Å². The highest BCUT2D eigenvalue weighted by Crippen LogP contribution is 2.60. The first kappa shape index (κ1) is 26.3. The lowest BCUT2D eigenvalue weighted by molar-refractivity contribution is -0.00496. The van der Waals surface area contributed by atoms with E-state index in [4.69, 9.17) is 9.47 Å². The van der Waals surface area contributed by atoms with E-state index in [2.05, 4.69) is 11.4 Å². The molecule has 8 nitrogen and oxygen atoms in total. The van der Waals surface area contributed by atoms with Crippen LogP contribution in [0.4, 0.5) is 9.18 Å². The molecule has 5 rings (SSSR count). The van der Waals surface area contributed by atoms with Gasteiger partial charge in [-0.25, -0.2) is 9.18 Å². The molecule has 39 heavy (non-hydrogen) atoms. The SMILES string of the molecule is COc1cc(O)c([C@]2(O)[C@@H](NC(=O)N3CCC3)C[C@@H](c3cccc(F)c3)[C@H]2c2ccc(C#N)cc2)c(OC)c1. The minimum Gasteiger partial charge on any atom is -0.507 e. The van der Waals surface area contributed by atoms with Gasteiger partial charge in [0.2, 0.25) is 0 Å². The normalized spacial score (nSPS) is 24.0. The molecule has 1 heterocycles. The Morgan fingerprint density at radius 3 is 2.44 bits per heavy atom. The Morgan fingerprint density at radius 2 is 1.85 bits per heavy atom. The number of benzene rings is 3. The molecule has 2 amide bonds. The lowest BCUT2D eigenvalue weighted by Gasteiger charge is -2.40. The Balaban J connectivity index is 1.74. The molecule has 0 radical (unpaired) electrons. The van der Waals surface area contributed by atoms with Crippen molar-refractivity contribution in [2.45, 2.75) is 36.3 Å². The summed E-state index contributed by atoms with van der Waals surface area (Å²) >= 11 is 0. The lowest BCUT2D eigenvalue weighted by Crippen LogP contribution is -2.55. The molecule has 1 saturated heterocycles.